The third kappa shape index (κ3) is 4.25. The van der Waals surface area contributed by atoms with Gasteiger partial charge in [0.2, 0.25) is 5.91 Å². The molecular weight excluding hydrogens is 226 g/mol. The fourth-order valence-corrected chi connectivity index (χ4v) is 2.52. The van der Waals surface area contributed by atoms with Crippen molar-refractivity contribution in [1.29, 1.82) is 0 Å². The van der Waals surface area contributed by atoms with Crippen LogP contribution < -0.4 is 11.1 Å². The second-order valence-corrected chi connectivity index (χ2v) is 6.18. The van der Waals surface area contributed by atoms with Crippen LogP contribution in [-0.4, -0.2) is 42.0 Å². The maximum atomic E-state index is 11.5. The van der Waals surface area contributed by atoms with E-state index >= 15 is 0 Å². The summed E-state index contributed by atoms with van der Waals surface area (Å²) in [7, 11) is 0. The van der Waals surface area contributed by atoms with E-state index in [1.165, 1.54) is 19.3 Å². The van der Waals surface area contributed by atoms with Crippen LogP contribution in [0.15, 0.2) is 0 Å². The quantitative estimate of drug-likeness (QED) is 0.779. The molecule has 0 aromatic heterocycles. The summed E-state index contributed by atoms with van der Waals surface area (Å²) in [5, 5.41) is 2.95. The molecule has 1 unspecified atom stereocenters. The van der Waals surface area contributed by atoms with E-state index in [2.05, 4.69) is 31.0 Å². The number of hydrogen-bond acceptors (Lipinski definition) is 3. The van der Waals surface area contributed by atoms with Gasteiger partial charge in [-0.3, -0.25) is 9.69 Å². The van der Waals surface area contributed by atoms with Crippen molar-refractivity contribution >= 4 is 5.91 Å². The lowest BCUT2D eigenvalue weighted by Crippen LogP contribution is -2.56. The molecular formula is C14H29N3O. The lowest BCUT2D eigenvalue weighted by molar-refractivity contribution is -0.122. The number of likely N-dealkylation sites (tertiary alicyclic amines) is 1. The Hall–Kier alpha value is -0.610. The molecule has 0 spiro atoms. The molecule has 1 amide bonds. The van der Waals surface area contributed by atoms with Gasteiger partial charge in [0.05, 0.1) is 6.04 Å². The lowest BCUT2D eigenvalue weighted by Gasteiger charge is -2.43. The molecule has 0 bridgehead atoms. The summed E-state index contributed by atoms with van der Waals surface area (Å²) in [6, 6.07) is -0.425. The summed E-state index contributed by atoms with van der Waals surface area (Å²) in [6.07, 6.45) is 3.86. The summed E-state index contributed by atoms with van der Waals surface area (Å²) in [5.41, 5.74) is 5.57. The maximum absolute atomic E-state index is 11.5. The van der Waals surface area contributed by atoms with Gasteiger partial charge < -0.3 is 11.1 Å². The standard InChI is InChI=1S/C14H29N3O/c1-5-12-7-6-8-17(9-12)14(3,4)10-16-13(18)11(2)15/h11-12H,5-10,15H2,1-4H3,(H,16,18)/t11-,12?/m1/s1. The first kappa shape index (κ1) is 15.4. The van der Waals surface area contributed by atoms with Crippen LogP contribution in [0.5, 0.6) is 0 Å². The molecule has 1 saturated heterocycles. The van der Waals surface area contributed by atoms with Gasteiger partial charge in [-0.15, -0.1) is 0 Å². The molecule has 0 aromatic carbocycles. The van der Waals surface area contributed by atoms with Gasteiger partial charge in [-0.05, 0) is 46.1 Å². The van der Waals surface area contributed by atoms with Crippen LogP contribution >= 0.6 is 0 Å². The summed E-state index contributed by atoms with van der Waals surface area (Å²) >= 11 is 0. The molecule has 106 valence electrons. The van der Waals surface area contributed by atoms with Gasteiger partial charge in [0.15, 0.2) is 0 Å². The second kappa shape index (κ2) is 6.53. The minimum absolute atomic E-state index is 0.0123. The van der Waals surface area contributed by atoms with Crippen molar-refractivity contribution in [2.24, 2.45) is 11.7 Å². The van der Waals surface area contributed by atoms with Crippen LogP contribution in [0.1, 0.15) is 47.0 Å². The van der Waals surface area contributed by atoms with Crippen molar-refractivity contribution in [1.82, 2.24) is 10.2 Å². The molecule has 3 N–H and O–H groups in total. The maximum Gasteiger partial charge on any atom is 0.236 e. The normalized spacial score (nSPS) is 23.7. The first-order valence-electron chi connectivity index (χ1n) is 7.15. The molecule has 18 heavy (non-hydrogen) atoms. The predicted octanol–water partition coefficient (Wildman–Crippen LogP) is 1.35. The van der Waals surface area contributed by atoms with Crippen molar-refractivity contribution in [3.05, 3.63) is 0 Å². The third-order valence-electron chi connectivity index (χ3n) is 4.06. The van der Waals surface area contributed by atoms with Gasteiger partial charge >= 0.3 is 0 Å². The summed E-state index contributed by atoms with van der Waals surface area (Å²) in [4.78, 5) is 14.0. The second-order valence-electron chi connectivity index (χ2n) is 6.18. The topological polar surface area (TPSA) is 58.4 Å². The van der Waals surface area contributed by atoms with E-state index in [1.807, 2.05) is 0 Å². The van der Waals surface area contributed by atoms with Gasteiger partial charge in [0, 0.05) is 18.6 Å². The highest BCUT2D eigenvalue weighted by Crippen LogP contribution is 2.25. The largest absolute Gasteiger partial charge is 0.353 e. The lowest BCUT2D eigenvalue weighted by atomic mass is 9.91. The number of rotatable bonds is 5. The molecule has 0 aromatic rings. The number of nitrogens with one attached hydrogen (secondary N) is 1. The number of nitrogens with two attached hydrogens (primary N) is 1. The molecule has 4 heteroatoms. The Morgan fingerprint density at radius 3 is 2.78 bits per heavy atom. The minimum Gasteiger partial charge on any atom is -0.353 e. The number of carbonyl (C=O) groups is 1. The van der Waals surface area contributed by atoms with E-state index in [9.17, 15) is 4.79 Å². The monoisotopic (exact) mass is 255 g/mol. The Morgan fingerprint density at radius 1 is 1.56 bits per heavy atom. The zero-order chi connectivity index (χ0) is 13.8. The fraction of sp³-hybridized carbons (Fsp3) is 0.929. The van der Waals surface area contributed by atoms with E-state index in [-0.39, 0.29) is 11.4 Å². The molecule has 0 radical (unpaired) electrons. The Balaban J connectivity index is 2.49. The van der Waals surface area contributed by atoms with Crippen molar-refractivity contribution in [2.75, 3.05) is 19.6 Å². The molecule has 1 heterocycles. The van der Waals surface area contributed by atoms with Crippen molar-refractivity contribution in [3.8, 4) is 0 Å². The van der Waals surface area contributed by atoms with Crippen LogP contribution in [0.3, 0.4) is 0 Å². The number of nitrogens with zero attached hydrogens (tertiary/aromatic N) is 1. The average molecular weight is 255 g/mol. The van der Waals surface area contributed by atoms with E-state index in [0.29, 0.717) is 6.54 Å². The molecule has 2 atom stereocenters. The number of piperidine rings is 1. The van der Waals surface area contributed by atoms with E-state index in [4.69, 9.17) is 5.73 Å². The van der Waals surface area contributed by atoms with Gasteiger partial charge in [0.25, 0.3) is 0 Å². The minimum atomic E-state index is -0.425. The van der Waals surface area contributed by atoms with E-state index < -0.39 is 6.04 Å². The Labute approximate surface area is 111 Å². The van der Waals surface area contributed by atoms with Crippen molar-refractivity contribution < 1.29 is 4.79 Å². The van der Waals surface area contributed by atoms with Crippen LogP contribution in [0.25, 0.3) is 0 Å². The van der Waals surface area contributed by atoms with Gasteiger partial charge in [-0.1, -0.05) is 13.3 Å². The van der Waals surface area contributed by atoms with E-state index in [0.717, 1.165) is 19.0 Å². The molecule has 1 aliphatic heterocycles. The molecule has 1 fully saturated rings. The van der Waals surface area contributed by atoms with Crippen LogP contribution in [0.4, 0.5) is 0 Å². The fourth-order valence-electron chi connectivity index (χ4n) is 2.52. The SMILES string of the molecule is CCC1CCCN(C(C)(C)CNC(=O)[C@@H](C)N)C1. The summed E-state index contributed by atoms with van der Waals surface area (Å²) < 4.78 is 0. The van der Waals surface area contributed by atoms with Crippen molar-refractivity contribution in [2.45, 2.75) is 58.5 Å². The zero-order valence-corrected chi connectivity index (χ0v) is 12.3. The first-order chi connectivity index (χ1) is 8.36. The van der Waals surface area contributed by atoms with Crippen LogP contribution in [0.2, 0.25) is 0 Å². The summed E-state index contributed by atoms with van der Waals surface area (Å²) in [6.45, 7) is 11.3. The highest BCUT2D eigenvalue weighted by atomic mass is 16.2. The third-order valence-corrected chi connectivity index (χ3v) is 4.06. The summed E-state index contributed by atoms with van der Waals surface area (Å²) in [5.74, 6) is 0.745. The molecule has 1 rings (SSSR count). The number of hydrogen-bond donors (Lipinski definition) is 2. The Kier molecular flexibility index (Phi) is 5.60. The zero-order valence-electron chi connectivity index (χ0n) is 12.3. The highest BCUT2D eigenvalue weighted by Gasteiger charge is 2.31. The predicted molar refractivity (Wildman–Crippen MR) is 75.3 cm³/mol. The van der Waals surface area contributed by atoms with Gasteiger partial charge in [-0.25, -0.2) is 0 Å². The molecule has 0 saturated carbocycles. The molecule has 1 aliphatic rings. The number of amides is 1. The van der Waals surface area contributed by atoms with Crippen LogP contribution in [0, 0.1) is 5.92 Å². The average Bonchev–Trinajstić information content (AvgIpc) is 2.36. The van der Waals surface area contributed by atoms with Crippen molar-refractivity contribution in [3.63, 3.8) is 0 Å². The number of carbonyl (C=O) groups excluding carboxylic acids is 1. The Morgan fingerprint density at radius 2 is 2.22 bits per heavy atom. The highest BCUT2D eigenvalue weighted by molar-refractivity contribution is 5.81. The first-order valence-corrected chi connectivity index (χ1v) is 7.15. The van der Waals surface area contributed by atoms with Crippen LogP contribution in [-0.2, 0) is 4.79 Å². The van der Waals surface area contributed by atoms with Gasteiger partial charge in [0.1, 0.15) is 0 Å². The van der Waals surface area contributed by atoms with E-state index in [1.54, 1.807) is 6.92 Å². The van der Waals surface area contributed by atoms with Gasteiger partial charge in [-0.2, -0.15) is 0 Å². The molecule has 0 aliphatic carbocycles. The Bertz CT molecular complexity index is 276. The smallest absolute Gasteiger partial charge is 0.236 e. The molecule has 4 nitrogen and oxygen atoms in total.